The minimum atomic E-state index is -0.636. The molecule has 1 aromatic heterocycles. The van der Waals surface area contributed by atoms with Crippen LogP contribution in [0.25, 0.3) is 10.4 Å². The maximum absolute atomic E-state index is 12.0. The van der Waals surface area contributed by atoms with Gasteiger partial charge in [0.1, 0.15) is 0 Å². The number of nitrogens with one attached hydrogen (secondary N) is 1. The number of nitrogens with two attached hydrogens (primary N) is 1. The third kappa shape index (κ3) is 2.05. The van der Waals surface area contributed by atoms with Crippen LogP contribution in [0.4, 0.5) is 5.69 Å². The summed E-state index contributed by atoms with van der Waals surface area (Å²) in [5.74, 6) is -0.0773. The molecule has 0 atom stereocenters. The third-order valence-electron chi connectivity index (χ3n) is 3.20. The van der Waals surface area contributed by atoms with Crippen molar-refractivity contribution in [2.45, 2.75) is 18.4 Å². The van der Waals surface area contributed by atoms with Gasteiger partial charge in [-0.05, 0) is 30.4 Å². The van der Waals surface area contributed by atoms with Gasteiger partial charge in [-0.15, -0.1) is 11.3 Å². The van der Waals surface area contributed by atoms with Gasteiger partial charge in [0.25, 0.3) is 0 Å². The second kappa shape index (κ2) is 4.23. The van der Waals surface area contributed by atoms with Crippen LogP contribution in [0, 0.1) is 0 Å². The highest BCUT2D eigenvalue weighted by molar-refractivity contribution is 7.13. The van der Waals surface area contributed by atoms with Crippen LogP contribution in [0.5, 0.6) is 0 Å². The molecule has 0 radical (unpaired) electrons. The molecule has 92 valence electrons. The number of hydrogen-bond donors (Lipinski definition) is 2. The van der Waals surface area contributed by atoms with Crippen molar-refractivity contribution < 1.29 is 4.79 Å². The lowest BCUT2D eigenvalue weighted by atomic mass is 10.1. The molecule has 3 nitrogen and oxygen atoms in total. The highest BCUT2D eigenvalue weighted by Gasteiger charge is 2.46. The molecule has 0 bridgehead atoms. The van der Waals surface area contributed by atoms with Gasteiger partial charge in [-0.2, -0.15) is 0 Å². The molecule has 2 aromatic rings. The van der Waals surface area contributed by atoms with Gasteiger partial charge in [0.05, 0.1) is 5.54 Å². The van der Waals surface area contributed by atoms with E-state index in [1.165, 1.54) is 0 Å². The molecule has 1 aromatic carbocycles. The molecule has 0 spiro atoms. The molecule has 1 saturated carbocycles. The second-order valence-electron chi connectivity index (χ2n) is 4.63. The maximum Gasteiger partial charge on any atom is 0.244 e. The zero-order valence-corrected chi connectivity index (χ0v) is 10.7. The normalized spacial score (nSPS) is 16.3. The van der Waals surface area contributed by atoms with Gasteiger partial charge in [0.15, 0.2) is 0 Å². The average Bonchev–Trinajstić information content (AvgIpc) is 2.93. The molecule has 1 amide bonds. The minimum absolute atomic E-state index is 0.0773. The Morgan fingerprint density at radius 1 is 1.22 bits per heavy atom. The van der Waals surface area contributed by atoms with E-state index in [1.807, 2.05) is 41.8 Å². The zero-order chi connectivity index (χ0) is 12.6. The monoisotopic (exact) mass is 258 g/mol. The van der Waals surface area contributed by atoms with E-state index < -0.39 is 5.54 Å². The van der Waals surface area contributed by atoms with E-state index in [9.17, 15) is 4.79 Å². The molecular formula is C14H14N2OS. The summed E-state index contributed by atoms with van der Waals surface area (Å²) in [6.07, 6.45) is 1.56. The van der Waals surface area contributed by atoms with Crippen LogP contribution in [-0.4, -0.2) is 11.4 Å². The molecule has 0 unspecified atom stereocenters. The van der Waals surface area contributed by atoms with Gasteiger partial charge in [0, 0.05) is 16.1 Å². The lowest BCUT2D eigenvalue weighted by Gasteiger charge is -2.13. The first-order valence-electron chi connectivity index (χ1n) is 5.92. The molecule has 1 aliphatic rings. The number of rotatable bonds is 3. The number of anilines is 1. The fourth-order valence-corrected chi connectivity index (χ4v) is 2.61. The van der Waals surface area contributed by atoms with E-state index in [-0.39, 0.29) is 5.91 Å². The van der Waals surface area contributed by atoms with Crippen LogP contribution >= 0.6 is 11.3 Å². The number of amides is 1. The van der Waals surface area contributed by atoms with Crippen molar-refractivity contribution in [2.75, 3.05) is 5.32 Å². The number of carbonyl (C=O) groups excluding carboxylic acids is 1. The zero-order valence-electron chi connectivity index (χ0n) is 9.85. The van der Waals surface area contributed by atoms with Crippen molar-refractivity contribution >= 4 is 22.9 Å². The molecule has 1 heterocycles. The Morgan fingerprint density at radius 3 is 2.67 bits per heavy atom. The first-order chi connectivity index (χ1) is 8.69. The van der Waals surface area contributed by atoms with Crippen molar-refractivity contribution in [2.24, 2.45) is 5.73 Å². The lowest BCUT2D eigenvalue weighted by Crippen LogP contribution is -2.37. The Kier molecular flexibility index (Phi) is 2.69. The number of benzene rings is 1. The predicted octanol–water partition coefficient (Wildman–Crippen LogP) is 2.84. The van der Waals surface area contributed by atoms with Gasteiger partial charge in [0.2, 0.25) is 5.91 Å². The molecule has 0 aliphatic heterocycles. The van der Waals surface area contributed by atoms with Crippen LogP contribution in [0.3, 0.4) is 0 Å². The van der Waals surface area contributed by atoms with Crippen molar-refractivity contribution in [1.29, 1.82) is 0 Å². The van der Waals surface area contributed by atoms with E-state index in [4.69, 9.17) is 5.73 Å². The number of para-hydroxylation sites is 1. The molecule has 18 heavy (non-hydrogen) atoms. The number of carbonyl (C=O) groups is 1. The van der Waals surface area contributed by atoms with Gasteiger partial charge in [-0.3, -0.25) is 4.79 Å². The summed E-state index contributed by atoms with van der Waals surface area (Å²) < 4.78 is 0. The Hall–Kier alpha value is -1.65. The summed E-state index contributed by atoms with van der Waals surface area (Å²) in [5.41, 5.74) is 7.14. The lowest BCUT2D eigenvalue weighted by molar-refractivity contribution is -0.118. The van der Waals surface area contributed by atoms with Crippen molar-refractivity contribution in [3.63, 3.8) is 0 Å². The summed E-state index contributed by atoms with van der Waals surface area (Å²) in [6.45, 7) is 0. The largest absolute Gasteiger partial charge is 0.324 e. The third-order valence-corrected chi connectivity index (χ3v) is 4.11. The average molecular weight is 258 g/mol. The van der Waals surface area contributed by atoms with E-state index in [1.54, 1.807) is 11.3 Å². The Morgan fingerprint density at radius 2 is 2.00 bits per heavy atom. The van der Waals surface area contributed by atoms with Crippen LogP contribution < -0.4 is 11.1 Å². The molecule has 4 heteroatoms. The van der Waals surface area contributed by atoms with Crippen molar-refractivity contribution in [1.82, 2.24) is 0 Å². The summed E-state index contributed by atoms with van der Waals surface area (Å²) >= 11 is 1.66. The van der Waals surface area contributed by atoms with Gasteiger partial charge >= 0.3 is 0 Å². The Bertz CT molecular complexity index is 573. The van der Waals surface area contributed by atoms with Crippen LogP contribution in [0.15, 0.2) is 41.8 Å². The Labute approximate surface area is 110 Å². The molecule has 1 fully saturated rings. The summed E-state index contributed by atoms with van der Waals surface area (Å²) in [7, 11) is 0. The molecular weight excluding hydrogens is 244 g/mol. The van der Waals surface area contributed by atoms with E-state index in [2.05, 4.69) is 5.32 Å². The number of thiophene rings is 1. The highest BCUT2D eigenvalue weighted by Crippen LogP contribution is 2.36. The van der Waals surface area contributed by atoms with Crippen LogP contribution in [0.1, 0.15) is 12.8 Å². The fourth-order valence-electron chi connectivity index (χ4n) is 1.85. The van der Waals surface area contributed by atoms with E-state index in [0.29, 0.717) is 0 Å². The molecule has 0 saturated heterocycles. The second-order valence-corrected chi connectivity index (χ2v) is 5.58. The van der Waals surface area contributed by atoms with Crippen molar-refractivity contribution in [3.05, 3.63) is 41.8 Å². The topological polar surface area (TPSA) is 55.1 Å². The first-order valence-corrected chi connectivity index (χ1v) is 6.80. The number of hydrogen-bond acceptors (Lipinski definition) is 3. The first kappa shape index (κ1) is 11.4. The summed E-state index contributed by atoms with van der Waals surface area (Å²) in [4.78, 5) is 13.1. The standard InChI is InChI=1S/C14H14N2OS/c15-14(7-8-14)13(17)16-11-5-2-1-4-10(11)12-6-3-9-18-12/h1-6,9H,7-8,15H2,(H,16,17). The fraction of sp³-hybridized carbons (Fsp3) is 0.214. The minimum Gasteiger partial charge on any atom is -0.324 e. The van der Waals surface area contributed by atoms with E-state index in [0.717, 1.165) is 29.0 Å². The van der Waals surface area contributed by atoms with Gasteiger partial charge < -0.3 is 11.1 Å². The van der Waals surface area contributed by atoms with Crippen LogP contribution in [0.2, 0.25) is 0 Å². The van der Waals surface area contributed by atoms with E-state index >= 15 is 0 Å². The van der Waals surface area contributed by atoms with Gasteiger partial charge in [-0.1, -0.05) is 24.3 Å². The quantitative estimate of drug-likeness (QED) is 0.889. The van der Waals surface area contributed by atoms with Gasteiger partial charge in [-0.25, -0.2) is 0 Å². The van der Waals surface area contributed by atoms with Crippen LogP contribution in [-0.2, 0) is 4.79 Å². The smallest absolute Gasteiger partial charge is 0.244 e. The summed E-state index contributed by atoms with van der Waals surface area (Å²) in [5, 5.41) is 4.97. The summed E-state index contributed by atoms with van der Waals surface area (Å²) in [6, 6.07) is 11.9. The molecule has 1 aliphatic carbocycles. The maximum atomic E-state index is 12.0. The molecule has 3 N–H and O–H groups in total. The van der Waals surface area contributed by atoms with Crippen molar-refractivity contribution in [3.8, 4) is 10.4 Å². The SMILES string of the molecule is NC1(C(=O)Nc2ccccc2-c2cccs2)CC1. The predicted molar refractivity (Wildman–Crippen MR) is 74.5 cm³/mol. The Balaban J connectivity index is 1.90. The highest BCUT2D eigenvalue weighted by atomic mass is 32.1. The molecule has 3 rings (SSSR count).